The third kappa shape index (κ3) is 3.35. The average Bonchev–Trinajstić information content (AvgIpc) is 2.55. The van der Waals surface area contributed by atoms with Gasteiger partial charge in [0.25, 0.3) is 5.91 Å². The topological polar surface area (TPSA) is 66.8 Å². The minimum Gasteiger partial charge on any atom is -0.478 e. The highest BCUT2D eigenvalue weighted by atomic mass is 32.2. The number of carboxylic acids is 1. The fourth-order valence-corrected chi connectivity index (χ4v) is 4.50. The number of benzene rings is 1. The summed E-state index contributed by atoms with van der Waals surface area (Å²) in [6.07, 6.45) is 1.78. The number of hydrogen-bond acceptors (Lipinski definition) is 4. The summed E-state index contributed by atoms with van der Waals surface area (Å²) in [5.41, 5.74) is -0.224. The molecule has 0 unspecified atom stereocenters. The Kier molecular flexibility index (Phi) is 4.59. The van der Waals surface area contributed by atoms with E-state index in [-0.39, 0.29) is 21.8 Å². The van der Waals surface area contributed by atoms with Crippen LogP contribution in [0.1, 0.15) is 33.6 Å². The first kappa shape index (κ1) is 16.3. The van der Waals surface area contributed by atoms with Gasteiger partial charge in [-0.1, -0.05) is 0 Å². The molecule has 1 amide bonds. The van der Waals surface area contributed by atoms with Crippen molar-refractivity contribution in [1.82, 2.24) is 4.90 Å². The largest absolute Gasteiger partial charge is 0.478 e. The van der Waals surface area contributed by atoms with Crippen molar-refractivity contribution in [2.24, 2.45) is 0 Å². The van der Waals surface area contributed by atoms with Gasteiger partial charge in [-0.3, -0.25) is 4.79 Å². The second kappa shape index (κ2) is 6.49. The average molecular weight is 339 g/mol. The first-order valence-electron chi connectivity index (χ1n) is 7.55. The number of hydrogen-bond donors (Lipinski definition) is 1. The number of aromatic carboxylic acids is 1. The van der Waals surface area contributed by atoms with Crippen molar-refractivity contribution in [2.75, 3.05) is 32.1 Å². The third-order valence-electron chi connectivity index (χ3n) is 4.39. The molecule has 2 saturated heterocycles. The summed E-state index contributed by atoms with van der Waals surface area (Å²) in [7, 11) is 0. The SMILES string of the molecule is O=C(O)c1ccc(C(=O)N2CCSC3(CCOCC3)C2)c(F)c1. The summed E-state index contributed by atoms with van der Waals surface area (Å²) in [5.74, 6) is -1.54. The molecule has 1 spiro atoms. The lowest BCUT2D eigenvalue weighted by molar-refractivity contribution is 0.0533. The van der Waals surface area contributed by atoms with Gasteiger partial charge in [-0.2, -0.15) is 11.8 Å². The number of nitrogens with zero attached hydrogens (tertiary/aromatic N) is 1. The Morgan fingerprint density at radius 1 is 1.30 bits per heavy atom. The molecule has 5 nitrogen and oxygen atoms in total. The molecule has 1 N–H and O–H groups in total. The van der Waals surface area contributed by atoms with E-state index in [1.165, 1.54) is 12.1 Å². The van der Waals surface area contributed by atoms with E-state index >= 15 is 0 Å². The van der Waals surface area contributed by atoms with Crippen LogP contribution in [0.15, 0.2) is 18.2 Å². The zero-order valence-electron chi connectivity index (χ0n) is 12.6. The van der Waals surface area contributed by atoms with Crippen LogP contribution in [0.3, 0.4) is 0 Å². The fourth-order valence-electron chi connectivity index (χ4n) is 3.06. The highest BCUT2D eigenvalue weighted by molar-refractivity contribution is 8.00. The predicted octanol–water partition coefficient (Wildman–Crippen LogP) is 2.26. The lowest BCUT2D eigenvalue weighted by Gasteiger charge is -2.44. The first-order valence-corrected chi connectivity index (χ1v) is 8.53. The summed E-state index contributed by atoms with van der Waals surface area (Å²) in [6, 6.07) is 3.43. The summed E-state index contributed by atoms with van der Waals surface area (Å²) in [4.78, 5) is 25.2. The molecule has 7 heteroatoms. The van der Waals surface area contributed by atoms with Gasteiger partial charge in [-0.05, 0) is 31.0 Å². The Hall–Kier alpha value is -1.60. The maximum Gasteiger partial charge on any atom is 0.335 e. The van der Waals surface area contributed by atoms with E-state index in [2.05, 4.69) is 0 Å². The van der Waals surface area contributed by atoms with E-state index in [4.69, 9.17) is 9.84 Å². The smallest absolute Gasteiger partial charge is 0.335 e. The molecule has 2 fully saturated rings. The number of thioether (sulfide) groups is 1. The molecular formula is C16H18FNO4S. The Morgan fingerprint density at radius 3 is 2.70 bits per heavy atom. The molecule has 0 atom stereocenters. The second-order valence-electron chi connectivity index (χ2n) is 5.87. The first-order chi connectivity index (χ1) is 11.0. The van der Waals surface area contributed by atoms with E-state index in [1.807, 2.05) is 11.8 Å². The molecule has 1 aromatic carbocycles. The summed E-state index contributed by atoms with van der Waals surface area (Å²) >= 11 is 1.87. The van der Waals surface area contributed by atoms with Crippen LogP contribution in [0.25, 0.3) is 0 Å². The summed E-state index contributed by atoms with van der Waals surface area (Å²) in [5, 5.41) is 8.88. The molecule has 0 bridgehead atoms. The van der Waals surface area contributed by atoms with Gasteiger partial charge in [0.1, 0.15) is 5.82 Å². The summed E-state index contributed by atoms with van der Waals surface area (Å²) in [6.45, 7) is 2.54. The highest BCUT2D eigenvalue weighted by Gasteiger charge is 2.39. The highest BCUT2D eigenvalue weighted by Crippen LogP contribution is 2.39. The van der Waals surface area contributed by atoms with Crippen molar-refractivity contribution in [3.05, 3.63) is 35.1 Å². The van der Waals surface area contributed by atoms with Gasteiger partial charge in [-0.15, -0.1) is 0 Å². The van der Waals surface area contributed by atoms with Crippen LogP contribution in [0.2, 0.25) is 0 Å². The van der Waals surface area contributed by atoms with Gasteiger partial charge >= 0.3 is 5.97 Å². The van der Waals surface area contributed by atoms with Crippen LogP contribution >= 0.6 is 11.8 Å². The van der Waals surface area contributed by atoms with Crippen molar-refractivity contribution >= 4 is 23.6 Å². The van der Waals surface area contributed by atoms with E-state index in [9.17, 15) is 14.0 Å². The molecule has 0 radical (unpaired) electrons. The Bertz CT molecular complexity index is 625. The number of rotatable bonds is 2. The van der Waals surface area contributed by atoms with Gasteiger partial charge in [-0.25, -0.2) is 9.18 Å². The second-order valence-corrected chi connectivity index (χ2v) is 7.43. The number of carboxylic acid groups (broad SMARTS) is 1. The number of amides is 1. The molecule has 23 heavy (non-hydrogen) atoms. The van der Waals surface area contributed by atoms with E-state index in [1.54, 1.807) is 4.90 Å². The third-order valence-corrected chi connectivity index (χ3v) is 5.92. The normalized spacial score (nSPS) is 20.5. The molecule has 0 aliphatic carbocycles. The van der Waals surface area contributed by atoms with Crippen molar-refractivity contribution in [2.45, 2.75) is 17.6 Å². The van der Waals surface area contributed by atoms with Crippen LogP contribution < -0.4 is 0 Å². The van der Waals surface area contributed by atoms with Crippen LogP contribution in [-0.2, 0) is 4.74 Å². The van der Waals surface area contributed by atoms with Crippen LogP contribution in [-0.4, -0.2) is 58.7 Å². The lowest BCUT2D eigenvalue weighted by atomic mass is 9.97. The standard InChI is InChI=1S/C16H18FNO4S/c17-13-9-11(15(20)21)1-2-12(13)14(19)18-5-8-23-16(10-18)3-6-22-7-4-16/h1-2,9H,3-8,10H2,(H,20,21). The Labute approximate surface area is 137 Å². The van der Waals surface area contributed by atoms with Gasteiger partial charge in [0, 0.05) is 36.8 Å². The predicted molar refractivity (Wildman–Crippen MR) is 84.5 cm³/mol. The number of ether oxygens (including phenoxy) is 1. The molecule has 124 valence electrons. The number of carbonyl (C=O) groups excluding carboxylic acids is 1. The minimum absolute atomic E-state index is 0.00361. The van der Waals surface area contributed by atoms with Gasteiger partial charge in [0.15, 0.2) is 0 Å². The lowest BCUT2D eigenvalue weighted by Crippen LogP contribution is -2.51. The number of halogens is 1. The van der Waals surface area contributed by atoms with Crippen LogP contribution in [0, 0.1) is 5.82 Å². The van der Waals surface area contributed by atoms with E-state index in [0.29, 0.717) is 26.3 Å². The number of carbonyl (C=O) groups is 2. The van der Waals surface area contributed by atoms with Crippen molar-refractivity contribution in [3.63, 3.8) is 0 Å². The monoisotopic (exact) mass is 339 g/mol. The van der Waals surface area contributed by atoms with Gasteiger partial charge in [0.2, 0.25) is 0 Å². The van der Waals surface area contributed by atoms with Crippen LogP contribution in [0.5, 0.6) is 0 Å². The van der Waals surface area contributed by atoms with Crippen molar-refractivity contribution in [3.8, 4) is 0 Å². The fraction of sp³-hybridized carbons (Fsp3) is 0.500. The summed E-state index contributed by atoms with van der Waals surface area (Å²) < 4.78 is 19.5. The van der Waals surface area contributed by atoms with E-state index < -0.39 is 11.8 Å². The zero-order chi connectivity index (χ0) is 16.4. The van der Waals surface area contributed by atoms with Crippen molar-refractivity contribution < 1.29 is 23.8 Å². The Morgan fingerprint density at radius 2 is 2.04 bits per heavy atom. The van der Waals surface area contributed by atoms with E-state index in [0.717, 1.165) is 24.7 Å². The molecule has 2 heterocycles. The maximum absolute atomic E-state index is 14.1. The Balaban J connectivity index is 1.78. The molecule has 0 saturated carbocycles. The van der Waals surface area contributed by atoms with Gasteiger partial charge < -0.3 is 14.7 Å². The maximum atomic E-state index is 14.1. The molecule has 2 aliphatic heterocycles. The van der Waals surface area contributed by atoms with Crippen LogP contribution in [0.4, 0.5) is 4.39 Å². The van der Waals surface area contributed by atoms with Gasteiger partial charge in [0.05, 0.1) is 11.1 Å². The molecule has 0 aromatic heterocycles. The molecule has 2 aliphatic rings. The molecular weight excluding hydrogens is 321 g/mol. The minimum atomic E-state index is -1.21. The quantitative estimate of drug-likeness (QED) is 0.895. The zero-order valence-corrected chi connectivity index (χ0v) is 13.4. The molecule has 1 aromatic rings. The molecule has 3 rings (SSSR count). The van der Waals surface area contributed by atoms with Crippen molar-refractivity contribution in [1.29, 1.82) is 0 Å².